The Hall–Kier alpha value is -2.07. The number of carbonyl (C=O) groups excluding carboxylic acids is 3. The number of benzene rings is 2. The summed E-state index contributed by atoms with van der Waals surface area (Å²) in [6.07, 6.45) is 0. The van der Waals surface area contributed by atoms with Crippen LogP contribution in [0.5, 0.6) is 0 Å². The fraction of sp³-hybridized carbons (Fsp3) is 0.348. The Bertz CT molecular complexity index is 970. The van der Waals surface area contributed by atoms with Crippen LogP contribution in [0.25, 0.3) is 0 Å². The molecule has 2 heterocycles. The SMILES string of the molecule is CC(=O)N1CSC[C@H]1C(=O)N1CCN(C(=O)c2ccc(I)cc2)C(c2ccccc2)C1. The van der Waals surface area contributed by atoms with Gasteiger partial charge in [0, 0.05) is 41.4 Å². The molecule has 31 heavy (non-hydrogen) atoms. The van der Waals surface area contributed by atoms with E-state index in [0.29, 0.717) is 36.8 Å². The molecule has 0 radical (unpaired) electrons. The Morgan fingerprint density at radius 3 is 2.35 bits per heavy atom. The summed E-state index contributed by atoms with van der Waals surface area (Å²) < 4.78 is 1.08. The molecule has 0 saturated carbocycles. The lowest BCUT2D eigenvalue weighted by molar-refractivity contribution is -0.144. The molecule has 2 aromatic carbocycles. The Balaban J connectivity index is 1.58. The van der Waals surface area contributed by atoms with E-state index in [4.69, 9.17) is 0 Å². The maximum absolute atomic E-state index is 13.3. The van der Waals surface area contributed by atoms with Gasteiger partial charge in [-0.15, -0.1) is 11.8 Å². The van der Waals surface area contributed by atoms with E-state index in [1.165, 1.54) is 6.92 Å². The molecule has 1 unspecified atom stereocenters. The summed E-state index contributed by atoms with van der Waals surface area (Å²) in [5.41, 5.74) is 1.65. The molecule has 0 N–H and O–H groups in total. The second-order valence-corrected chi connectivity index (χ2v) is 9.97. The Morgan fingerprint density at radius 1 is 0.968 bits per heavy atom. The Morgan fingerprint density at radius 2 is 1.68 bits per heavy atom. The number of hydrogen-bond donors (Lipinski definition) is 0. The minimum atomic E-state index is -0.419. The standard InChI is InChI=1S/C23H24IN3O3S/c1-16(28)27-15-31-14-21(27)23(30)25-11-12-26(20(13-25)17-5-3-2-4-6-17)22(29)18-7-9-19(24)10-8-18/h2-10,20-21H,11-15H2,1H3/t20?,21-/m0/s1. The van der Waals surface area contributed by atoms with E-state index in [-0.39, 0.29) is 23.8 Å². The average Bonchev–Trinajstić information content (AvgIpc) is 3.29. The van der Waals surface area contributed by atoms with Gasteiger partial charge in [0.25, 0.3) is 5.91 Å². The third kappa shape index (κ3) is 4.74. The Labute approximate surface area is 200 Å². The zero-order valence-corrected chi connectivity index (χ0v) is 20.2. The van der Waals surface area contributed by atoms with Crippen LogP contribution in [-0.4, -0.2) is 69.7 Å². The molecular formula is C23H24IN3O3S. The predicted molar refractivity (Wildman–Crippen MR) is 130 cm³/mol. The van der Waals surface area contributed by atoms with Crippen LogP contribution in [0, 0.1) is 3.57 Å². The van der Waals surface area contributed by atoms with Crippen LogP contribution in [0.3, 0.4) is 0 Å². The molecule has 4 rings (SSSR count). The van der Waals surface area contributed by atoms with E-state index in [9.17, 15) is 14.4 Å². The molecule has 0 bridgehead atoms. The van der Waals surface area contributed by atoms with Gasteiger partial charge in [-0.25, -0.2) is 0 Å². The van der Waals surface area contributed by atoms with E-state index in [1.807, 2.05) is 64.4 Å². The van der Waals surface area contributed by atoms with E-state index >= 15 is 0 Å². The molecule has 2 aromatic rings. The van der Waals surface area contributed by atoms with Gasteiger partial charge in [-0.05, 0) is 52.4 Å². The monoisotopic (exact) mass is 549 g/mol. The predicted octanol–water partition coefficient (Wildman–Crippen LogP) is 3.24. The molecule has 0 aliphatic carbocycles. The van der Waals surface area contributed by atoms with Crippen LogP contribution < -0.4 is 0 Å². The van der Waals surface area contributed by atoms with Gasteiger partial charge in [-0.3, -0.25) is 14.4 Å². The molecule has 2 saturated heterocycles. The zero-order chi connectivity index (χ0) is 22.0. The van der Waals surface area contributed by atoms with Gasteiger partial charge in [0.2, 0.25) is 11.8 Å². The van der Waals surface area contributed by atoms with Crippen LogP contribution in [0.2, 0.25) is 0 Å². The molecular weight excluding hydrogens is 525 g/mol. The Kier molecular flexibility index (Phi) is 6.86. The van der Waals surface area contributed by atoms with Crippen molar-refractivity contribution in [3.63, 3.8) is 0 Å². The number of rotatable bonds is 3. The molecule has 2 atom stereocenters. The lowest BCUT2D eigenvalue weighted by atomic mass is 10.0. The number of carbonyl (C=O) groups is 3. The number of halogens is 1. The summed E-state index contributed by atoms with van der Waals surface area (Å²) in [6, 6.07) is 16.8. The van der Waals surface area contributed by atoms with E-state index in [1.54, 1.807) is 16.7 Å². The third-order valence-electron chi connectivity index (χ3n) is 5.80. The summed E-state index contributed by atoms with van der Waals surface area (Å²) in [5.74, 6) is 1.05. The summed E-state index contributed by atoms with van der Waals surface area (Å²) in [6.45, 7) is 2.85. The van der Waals surface area contributed by atoms with Gasteiger partial charge in [0.1, 0.15) is 6.04 Å². The summed E-state index contributed by atoms with van der Waals surface area (Å²) in [7, 11) is 0. The normalized spacial score (nSPS) is 21.3. The van der Waals surface area contributed by atoms with Gasteiger partial charge >= 0.3 is 0 Å². The van der Waals surface area contributed by atoms with E-state index in [0.717, 1.165) is 9.13 Å². The average molecular weight is 549 g/mol. The van der Waals surface area contributed by atoms with E-state index in [2.05, 4.69) is 22.6 Å². The van der Waals surface area contributed by atoms with Crippen LogP contribution >= 0.6 is 34.4 Å². The van der Waals surface area contributed by atoms with Crippen molar-refractivity contribution < 1.29 is 14.4 Å². The molecule has 2 aliphatic rings. The van der Waals surface area contributed by atoms with Gasteiger partial charge in [0.05, 0.1) is 11.9 Å². The number of thioether (sulfide) groups is 1. The third-order valence-corrected chi connectivity index (χ3v) is 7.53. The molecule has 2 fully saturated rings. The van der Waals surface area contributed by atoms with Crippen molar-refractivity contribution >= 4 is 52.1 Å². The van der Waals surface area contributed by atoms with Crippen molar-refractivity contribution in [2.45, 2.75) is 19.0 Å². The summed E-state index contributed by atoms with van der Waals surface area (Å²) >= 11 is 3.83. The van der Waals surface area contributed by atoms with Crippen molar-refractivity contribution in [2.75, 3.05) is 31.3 Å². The van der Waals surface area contributed by atoms with Crippen LogP contribution in [0.1, 0.15) is 28.9 Å². The second-order valence-electron chi connectivity index (χ2n) is 7.72. The topological polar surface area (TPSA) is 60.9 Å². The fourth-order valence-corrected chi connectivity index (χ4v) is 5.68. The highest BCUT2D eigenvalue weighted by Gasteiger charge is 2.40. The quantitative estimate of drug-likeness (QED) is 0.552. The fourth-order valence-electron chi connectivity index (χ4n) is 4.11. The molecule has 0 spiro atoms. The van der Waals surface area contributed by atoms with Crippen molar-refractivity contribution in [1.29, 1.82) is 0 Å². The summed E-state index contributed by atoms with van der Waals surface area (Å²) in [4.78, 5) is 43.9. The van der Waals surface area contributed by atoms with Crippen LogP contribution in [0.15, 0.2) is 54.6 Å². The molecule has 162 valence electrons. The zero-order valence-electron chi connectivity index (χ0n) is 17.2. The van der Waals surface area contributed by atoms with Crippen molar-refractivity contribution in [1.82, 2.24) is 14.7 Å². The maximum Gasteiger partial charge on any atom is 0.254 e. The summed E-state index contributed by atoms with van der Waals surface area (Å²) in [5, 5.41) is 0. The van der Waals surface area contributed by atoms with Gasteiger partial charge < -0.3 is 14.7 Å². The van der Waals surface area contributed by atoms with Crippen LogP contribution in [0.4, 0.5) is 0 Å². The molecule has 3 amide bonds. The number of amides is 3. The first-order valence-electron chi connectivity index (χ1n) is 10.2. The van der Waals surface area contributed by atoms with Crippen LogP contribution in [-0.2, 0) is 9.59 Å². The van der Waals surface area contributed by atoms with Gasteiger partial charge in [-0.1, -0.05) is 30.3 Å². The smallest absolute Gasteiger partial charge is 0.254 e. The molecule has 6 nitrogen and oxygen atoms in total. The lowest BCUT2D eigenvalue weighted by Gasteiger charge is -2.43. The number of piperazine rings is 1. The number of nitrogens with zero attached hydrogens (tertiary/aromatic N) is 3. The first-order valence-corrected chi connectivity index (χ1v) is 12.4. The first kappa shape index (κ1) is 22.1. The van der Waals surface area contributed by atoms with Gasteiger partial charge in [-0.2, -0.15) is 0 Å². The minimum Gasteiger partial charge on any atom is -0.337 e. The highest BCUT2D eigenvalue weighted by molar-refractivity contribution is 14.1. The van der Waals surface area contributed by atoms with Crippen molar-refractivity contribution in [2.24, 2.45) is 0 Å². The molecule has 0 aromatic heterocycles. The van der Waals surface area contributed by atoms with E-state index < -0.39 is 6.04 Å². The second kappa shape index (κ2) is 9.60. The van der Waals surface area contributed by atoms with Gasteiger partial charge in [0.15, 0.2) is 0 Å². The van der Waals surface area contributed by atoms with Crippen molar-refractivity contribution in [3.05, 3.63) is 69.3 Å². The maximum atomic E-state index is 13.3. The minimum absolute atomic E-state index is 0.0255. The highest BCUT2D eigenvalue weighted by atomic mass is 127. The first-order chi connectivity index (χ1) is 15.0. The van der Waals surface area contributed by atoms with Crippen molar-refractivity contribution in [3.8, 4) is 0 Å². The lowest BCUT2D eigenvalue weighted by Crippen LogP contribution is -2.56. The largest absolute Gasteiger partial charge is 0.337 e. The molecule has 2 aliphatic heterocycles. The molecule has 8 heteroatoms. The number of hydrogen-bond acceptors (Lipinski definition) is 4. The highest BCUT2D eigenvalue weighted by Crippen LogP contribution is 2.30.